The normalized spacial score (nSPS) is 11.3. The van der Waals surface area contributed by atoms with E-state index in [9.17, 15) is 18.8 Å². The molecule has 252 valence electrons. The molecule has 1 atom stereocenters. The van der Waals surface area contributed by atoms with Gasteiger partial charge in [-0.25, -0.2) is 4.39 Å². The summed E-state index contributed by atoms with van der Waals surface area (Å²) >= 11 is 0. The van der Waals surface area contributed by atoms with Crippen molar-refractivity contribution in [3.05, 3.63) is 111 Å². The molecule has 0 aromatic heterocycles. The van der Waals surface area contributed by atoms with Crippen LogP contribution in [0.1, 0.15) is 52.9 Å². The Kier molecular flexibility index (Phi) is 34.0. The maximum Gasteiger partial charge on any atom is 0.298 e. The molecule has 2 amide bonds. The van der Waals surface area contributed by atoms with Gasteiger partial charge in [-0.2, -0.15) is 0 Å². The van der Waals surface area contributed by atoms with E-state index < -0.39 is 5.83 Å². The summed E-state index contributed by atoms with van der Waals surface area (Å²) in [4.78, 5) is 42.0. The topological polar surface area (TPSA) is 119 Å². The van der Waals surface area contributed by atoms with Gasteiger partial charge in [0.05, 0.1) is 20.0 Å². The molecule has 0 aromatic rings. The Balaban J connectivity index is -0.000000262. The fourth-order valence-electron chi connectivity index (χ4n) is 2.54. The van der Waals surface area contributed by atoms with E-state index in [0.29, 0.717) is 44.0 Å². The lowest BCUT2D eigenvalue weighted by atomic mass is 9.94. The first-order chi connectivity index (χ1) is 21.2. The average molecular weight is 634 g/mol. The molecule has 1 heterocycles. The highest BCUT2D eigenvalue weighted by Gasteiger charge is 2.21. The molecular weight excluding hydrogens is 581 g/mol. The summed E-state index contributed by atoms with van der Waals surface area (Å²) in [7, 11) is 3.19. The Bertz CT molecular complexity index is 1040. The minimum Gasteiger partial charge on any atom is -0.501 e. The average Bonchev–Trinajstić information content (AvgIpc) is 3.35. The van der Waals surface area contributed by atoms with Crippen molar-refractivity contribution in [1.29, 1.82) is 0 Å². The molecule has 0 radical (unpaired) electrons. The van der Waals surface area contributed by atoms with Crippen LogP contribution in [0.3, 0.4) is 0 Å². The van der Waals surface area contributed by atoms with Crippen molar-refractivity contribution in [3.63, 3.8) is 0 Å². The van der Waals surface area contributed by atoms with Gasteiger partial charge in [-0.15, -0.1) is 0 Å². The summed E-state index contributed by atoms with van der Waals surface area (Å²) in [6.07, 6.45) is 11.5. The molecule has 1 N–H and O–H groups in total. The number of carbonyl (C=O) groups excluding carboxylic acids is 4. The zero-order chi connectivity index (χ0) is 35.8. The summed E-state index contributed by atoms with van der Waals surface area (Å²) in [5, 5.41) is 7.88. The van der Waals surface area contributed by atoms with Gasteiger partial charge in [0.1, 0.15) is 11.5 Å². The van der Waals surface area contributed by atoms with E-state index in [-0.39, 0.29) is 24.0 Å². The minimum atomic E-state index is -0.926. The van der Waals surface area contributed by atoms with Crippen LogP contribution in [0.15, 0.2) is 111 Å². The molecule has 45 heavy (non-hydrogen) atoms. The summed E-state index contributed by atoms with van der Waals surface area (Å²) in [6.45, 7) is 32.2. The Morgan fingerprint density at radius 3 is 1.82 bits per heavy atom. The van der Waals surface area contributed by atoms with Crippen molar-refractivity contribution in [1.82, 2.24) is 4.90 Å². The molecule has 1 unspecified atom stereocenters. The second-order valence-electron chi connectivity index (χ2n) is 8.95. The van der Waals surface area contributed by atoms with E-state index in [1.54, 1.807) is 32.4 Å². The fourth-order valence-corrected chi connectivity index (χ4v) is 2.54. The van der Waals surface area contributed by atoms with Crippen LogP contribution in [0.4, 0.5) is 4.39 Å². The van der Waals surface area contributed by atoms with Crippen molar-refractivity contribution in [2.45, 2.75) is 52.9 Å². The summed E-state index contributed by atoms with van der Waals surface area (Å²) < 4.78 is 25.3. The van der Waals surface area contributed by atoms with Crippen LogP contribution in [0, 0.1) is 5.92 Å². The molecule has 1 aliphatic heterocycles. The van der Waals surface area contributed by atoms with Gasteiger partial charge < -0.3 is 19.3 Å². The lowest BCUT2D eigenvalue weighted by Gasteiger charge is -2.16. The van der Waals surface area contributed by atoms with Crippen LogP contribution in [-0.4, -0.2) is 62.0 Å². The summed E-state index contributed by atoms with van der Waals surface area (Å²) in [6, 6.07) is 0. The molecule has 0 spiro atoms. The zero-order valence-electron chi connectivity index (χ0n) is 27.6. The Morgan fingerprint density at radius 2 is 1.47 bits per heavy atom. The highest BCUT2D eigenvalue weighted by atomic mass is 19.1. The predicted octanol–water partition coefficient (Wildman–Crippen LogP) is 7.02. The number of halogens is 1. The molecule has 0 saturated carbocycles. The number of aliphatic hydroxyl groups is 1. The van der Waals surface area contributed by atoms with Gasteiger partial charge in [-0.05, 0) is 31.8 Å². The zero-order valence-corrected chi connectivity index (χ0v) is 27.6. The third-order valence-corrected chi connectivity index (χ3v) is 5.16. The van der Waals surface area contributed by atoms with Gasteiger partial charge in [-0.1, -0.05) is 90.1 Å². The number of amides is 2. The van der Waals surface area contributed by atoms with Crippen LogP contribution in [0.2, 0.25) is 0 Å². The van der Waals surface area contributed by atoms with Crippen LogP contribution >= 0.6 is 0 Å². The molecule has 0 aromatic carbocycles. The van der Waals surface area contributed by atoms with Gasteiger partial charge >= 0.3 is 0 Å². The largest absolute Gasteiger partial charge is 0.501 e. The maximum absolute atomic E-state index is 10.9. The number of ether oxygens (including phenoxy) is 3. The van der Waals surface area contributed by atoms with Gasteiger partial charge in [0.15, 0.2) is 12.1 Å². The van der Waals surface area contributed by atoms with Crippen molar-refractivity contribution in [2.75, 3.05) is 27.4 Å². The number of aldehydes is 1. The van der Waals surface area contributed by atoms with Crippen LogP contribution in [-0.2, 0) is 33.4 Å². The standard InChI is InChI=1S/C15H22O3.C7H9NO2.C7H10O.C3H3FO.C3H8O/c1-11(7-8-14(4)18-10-16)12(2)9-13(3)15(5)17-6;1-2-5-8-6(9)3-4-7(8)10;1-4-5-6-7(2)8-3;1-3(4)2-5;1-2-3-4/h10,13H,1-2,4-5,7-9H2,3,6H3;3-4H,2,5H2,1H3;4-6H,1-2H2,3H3;2H,1H2;4H,2-3H2,1H3/b;;6-5-;;. The fraction of sp³-hybridized carbons (Fsp3) is 0.371. The van der Waals surface area contributed by atoms with Crippen LogP contribution in [0.5, 0.6) is 0 Å². The Morgan fingerprint density at radius 1 is 0.956 bits per heavy atom. The molecular formula is C35H52FNO8. The first-order valence-corrected chi connectivity index (χ1v) is 14.0. The number of carbonyl (C=O) groups is 4. The second kappa shape index (κ2) is 32.3. The van der Waals surface area contributed by atoms with Gasteiger partial charge in [0.2, 0.25) is 0 Å². The molecule has 0 aliphatic carbocycles. The first kappa shape index (κ1) is 47.4. The summed E-state index contributed by atoms with van der Waals surface area (Å²) in [5.74, 6) is 0.716. The first-order valence-electron chi connectivity index (χ1n) is 14.0. The quantitative estimate of drug-likeness (QED) is 0.0597. The highest BCUT2D eigenvalue weighted by molar-refractivity contribution is 6.12. The third-order valence-electron chi connectivity index (χ3n) is 5.16. The predicted molar refractivity (Wildman–Crippen MR) is 179 cm³/mol. The number of aliphatic hydroxyl groups excluding tert-OH is 1. The number of nitrogens with zero attached hydrogens (tertiary/aromatic N) is 1. The number of hydrogen-bond acceptors (Lipinski definition) is 8. The molecule has 9 nitrogen and oxygen atoms in total. The van der Waals surface area contributed by atoms with Gasteiger partial charge in [-0.3, -0.25) is 24.1 Å². The van der Waals surface area contributed by atoms with E-state index >= 15 is 0 Å². The molecule has 0 fully saturated rings. The smallest absolute Gasteiger partial charge is 0.298 e. The molecule has 1 aliphatic rings. The van der Waals surface area contributed by atoms with E-state index in [4.69, 9.17) is 19.4 Å². The lowest BCUT2D eigenvalue weighted by Crippen LogP contribution is -2.30. The van der Waals surface area contributed by atoms with E-state index in [1.807, 2.05) is 20.8 Å². The monoisotopic (exact) mass is 633 g/mol. The molecule has 0 bridgehead atoms. The van der Waals surface area contributed by atoms with Crippen molar-refractivity contribution < 1.29 is 42.9 Å². The van der Waals surface area contributed by atoms with Gasteiger partial charge in [0.25, 0.3) is 18.3 Å². The Labute approximate surface area is 269 Å². The summed E-state index contributed by atoms with van der Waals surface area (Å²) in [5.41, 5.74) is 1.89. The highest BCUT2D eigenvalue weighted by Crippen LogP contribution is 2.25. The number of allylic oxidation sites excluding steroid dienone is 8. The van der Waals surface area contributed by atoms with E-state index in [1.165, 1.54) is 17.1 Å². The number of imide groups is 1. The molecule has 0 saturated heterocycles. The van der Waals surface area contributed by atoms with Crippen molar-refractivity contribution in [3.8, 4) is 0 Å². The van der Waals surface area contributed by atoms with E-state index in [0.717, 1.165) is 36.2 Å². The third kappa shape index (κ3) is 30.7. The molecule has 10 heteroatoms. The lowest BCUT2D eigenvalue weighted by molar-refractivity contribution is -0.136. The maximum atomic E-state index is 10.9. The molecule has 1 rings (SSSR count). The SMILES string of the molecule is C=C(CCC(=C)C(=C)CC(C)C(=C)OC)OC=O.C=C(F)C=O.C=C/C=C\C(=C)OC.CCCN1C(=O)C=CC1=O.CCCO. The number of methoxy groups -OCH3 is 2. The Hall–Kier alpha value is -4.57. The van der Waals surface area contributed by atoms with E-state index in [2.05, 4.69) is 50.8 Å². The van der Waals surface area contributed by atoms with Gasteiger partial charge in [0, 0.05) is 37.6 Å². The van der Waals surface area contributed by atoms with Crippen LogP contribution in [0.25, 0.3) is 0 Å². The number of hydrogen-bond donors (Lipinski definition) is 1. The van der Waals surface area contributed by atoms with Crippen LogP contribution < -0.4 is 0 Å². The van der Waals surface area contributed by atoms with Crippen molar-refractivity contribution >= 4 is 24.6 Å². The minimum absolute atomic E-state index is 0.0556. The second-order valence-corrected chi connectivity index (χ2v) is 8.95. The number of rotatable bonds is 17. The van der Waals surface area contributed by atoms with Crippen molar-refractivity contribution in [2.24, 2.45) is 5.92 Å².